The van der Waals surface area contributed by atoms with Gasteiger partial charge in [0.1, 0.15) is 17.5 Å². The Balaban J connectivity index is 1.40. The lowest BCUT2D eigenvalue weighted by Gasteiger charge is -2.29. The molecular formula is C28H35N3O7S. The summed E-state index contributed by atoms with van der Waals surface area (Å²) in [7, 11) is -3.77. The number of rotatable bonds is 9. The topological polar surface area (TPSA) is 143 Å². The van der Waals surface area contributed by atoms with Crippen LogP contribution in [0.1, 0.15) is 68.8 Å². The first-order valence-corrected chi connectivity index (χ1v) is 15.5. The fourth-order valence-electron chi connectivity index (χ4n) is 6.68. The average Bonchev–Trinajstić information content (AvgIpc) is 3.66. The summed E-state index contributed by atoms with van der Waals surface area (Å²) < 4.78 is 28.5. The zero-order valence-corrected chi connectivity index (χ0v) is 23.1. The lowest BCUT2D eigenvalue weighted by molar-refractivity contribution is -0.131. The highest BCUT2D eigenvalue weighted by Gasteiger charge is 2.50. The van der Waals surface area contributed by atoms with Gasteiger partial charge in [0.25, 0.3) is 5.91 Å². The molecule has 0 unspecified atom stereocenters. The molecule has 0 bridgehead atoms. The number of nitrogens with zero attached hydrogens (tertiary/aromatic N) is 1. The normalized spacial score (nSPS) is 25.6. The molecule has 1 aliphatic heterocycles. The summed E-state index contributed by atoms with van der Waals surface area (Å²) in [6.45, 7) is 2.17. The van der Waals surface area contributed by atoms with Crippen LogP contribution >= 0.6 is 0 Å². The van der Waals surface area contributed by atoms with Gasteiger partial charge in [-0.2, -0.15) is 8.42 Å². The van der Waals surface area contributed by atoms with E-state index < -0.39 is 22.2 Å². The highest BCUT2D eigenvalue weighted by Crippen LogP contribution is 2.43. The Kier molecular flexibility index (Phi) is 7.54. The van der Waals surface area contributed by atoms with Crippen molar-refractivity contribution in [2.45, 2.75) is 70.4 Å². The standard InChI is InChI=1S/C28H35N3O7S/c1-3-23(32)21(13-16-7-5-11-24(16)33)30-27(34)26-18-9-4-8-17(18)15-31(26)28(35)22-14-19-20(29-22)10-6-12-25(19)38-39(2,36)37/h6,10,12,14,16-18,21,26,29H,3-5,7-9,11,13,15H2,1-2H3,(H,30,34)/t16-,17-,18-,21-,26-/m0/s1. The van der Waals surface area contributed by atoms with E-state index in [0.29, 0.717) is 30.3 Å². The number of benzene rings is 1. The monoisotopic (exact) mass is 557 g/mol. The zero-order chi connectivity index (χ0) is 27.9. The minimum Gasteiger partial charge on any atom is -0.382 e. The molecule has 3 fully saturated rings. The number of aromatic nitrogens is 1. The number of nitrogens with one attached hydrogen (secondary N) is 2. The molecule has 5 atom stereocenters. The third-order valence-corrected chi connectivity index (χ3v) is 9.00. The van der Waals surface area contributed by atoms with Gasteiger partial charge in [0.15, 0.2) is 11.5 Å². The second kappa shape index (κ2) is 10.7. The summed E-state index contributed by atoms with van der Waals surface area (Å²) in [5, 5.41) is 3.38. The molecule has 10 nitrogen and oxygen atoms in total. The Morgan fingerprint density at radius 3 is 2.67 bits per heavy atom. The van der Waals surface area contributed by atoms with Crippen LogP contribution < -0.4 is 9.50 Å². The predicted octanol–water partition coefficient (Wildman–Crippen LogP) is 2.97. The molecule has 11 heteroatoms. The number of amides is 2. The van der Waals surface area contributed by atoms with E-state index in [0.717, 1.165) is 38.4 Å². The predicted molar refractivity (Wildman–Crippen MR) is 144 cm³/mol. The van der Waals surface area contributed by atoms with E-state index in [1.807, 2.05) is 0 Å². The van der Waals surface area contributed by atoms with Crippen LogP contribution in [0.2, 0.25) is 0 Å². The second-order valence-corrected chi connectivity index (χ2v) is 12.7. The molecule has 5 rings (SSSR count). The van der Waals surface area contributed by atoms with E-state index in [4.69, 9.17) is 4.18 Å². The summed E-state index contributed by atoms with van der Waals surface area (Å²) in [4.78, 5) is 57.3. The Hall–Kier alpha value is -3.21. The minimum absolute atomic E-state index is 0.00653. The van der Waals surface area contributed by atoms with Gasteiger partial charge in [-0.3, -0.25) is 19.2 Å². The van der Waals surface area contributed by atoms with Crippen LogP contribution in [0.25, 0.3) is 10.9 Å². The van der Waals surface area contributed by atoms with Gasteiger partial charge >= 0.3 is 10.1 Å². The molecule has 3 aliphatic rings. The van der Waals surface area contributed by atoms with Crippen molar-refractivity contribution in [2.75, 3.05) is 12.8 Å². The lowest BCUT2D eigenvalue weighted by Crippen LogP contribution is -2.53. The van der Waals surface area contributed by atoms with Crippen LogP contribution in [0.4, 0.5) is 0 Å². The third-order valence-electron chi connectivity index (χ3n) is 8.52. The van der Waals surface area contributed by atoms with E-state index in [1.54, 1.807) is 30.0 Å². The van der Waals surface area contributed by atoms with E-state index in [9.17, 15) is 27.6 Å². The first-order valence-electron chi connectivity index (χ1n) is 13.7. The van der Waals surface area contributed by atoms with Crippen molar-refractivity contribution in [3.8, 4) is 5.75 Å². The second-order valence-electron chi connectivity index (χ2n) is 11.1. The Morgan fingerprint density at radius 2 is 1.97 bits per heavy atom. The van der Waals surface area contributed by atoms with Crippen molar-refractivity contribution in [2.24, 2.45) is 17.8 Å². The molecule has 1 aromatic heterocycles. The first-order chi connectivity index (χ1) is 18.6. The molecule has 0 spiro atoms. The van der Waals surface area contributed by atoms with Gasteiger partial charge in [0, 0.05) is 36.2 Å². The van der Waals surface area contributed by atoms with Crippen molar-refractivity contribution in [3.63, 3.8) is 0 Å². The van der Waals surface area contributed by atoms with Gasteiger partial charge in [0.05, 0.1) is 12.3 Å². The Bertz CT molecular complexity index is 1420. The van der Waals surface area contributed by atoms with Crippen molar-refractivity contribution >= 4 is 44.4 Å². The fraction of sp³-hybridized carbons (Fsp3) is 0.571. The molecule has 2 heterocycles. The zero-order valence-electron chi connectivity index (χ0n) is 22.3. The molecule has 0 radical (unpaired) electrons. The maximum Gasteiger partial charge on any atom is 0.306 e. The molecule has 2 N–H and O–H groups in total. The molecular weight excluding hydrogens is 522 g/mol. The van der Waals surface area contributed by atoms with Crippen LogP contribution in [-0.2, 0) is 24.5 Å². The molecule has 2 saturated carbocycles. The van der Waals surface area contributed by atoms with Gasteiger partial charge in [-0.1, -0.05) is 19.4 Å². The van der Waals surface area contributed by atoms with Gasteiger partial charge in [-0.15, -0.1) is 0 Å². The van der Waals surface area contributed by atoms with Gasteiger partial charge < -0.3 is 19.4 Å². The Labute approximate surface area is 228 Å². The number of aromatic amines is 1. The third kappa shape index (κ3) is 5.59. The SMILES string of the molecule is CCC(=O)[C@H](C[C@@H]1CCCC1=O)NC(=O)[C@@H]1[C@H]2CCC[C@H]2CN1C(=O)c1cc2c(OS(C)(=O)=O)cccc2[nH]1. The maximum absolute atomic E-state index is 13.8. The lowest BCUT2D eigenvalue weighted by atomic mass is 9.91. The molecule has 1 aromatic carbocycles. The van der Waals surface area contributed by atoms with Crippen LogP contribution in [0.5, 0.6) is 5.75 Å². The minimum atomic E-state index is -3.77. The number of ketones is 2. The Morgan fingerprint density at radius 1 is 1.18 bits per heavy atom. The summed E-state index contributed by atoms with van der Waals surface area (Å²) >= 11 is 0. The highest BCUT2D eigenvalue weighted by molar-refractivity contribution is 7.86. The molecule has 2 aromatic rings. The number of Topliss-reactive ketones (excluding diaryl/α,β-unsaturated/α-hetero) is 2. The van der Waals surface area contributed by atoms with Gasteiger partial charge in [0.2, 0.25) is 5.91 Å². The van der Waals surface area contributed by atoms with E-state index >= 15 is 0 Å². The number of hydrogen-bond acceptors (Lipinski definition) is 7. The maximum atomic E-state index is 13.8. The van der Waals surface area contributed by atoms with Gasteiger partial charge in [-0.25, -0.2) is 0 Å². The van der Waals surface area contributed by atoms with Crippen LogP contribution in [-0.4, -0.2) is 66.6 Å². The summed E-state index contributed by atoms with van der Waals surface area (Å²) in [6, 6.07) is 4.93. The quantitative estimate of drug-likeness (QED) is 0.451. The number of carbonyl (C=O) groups is 4. The van der Waals surface area contributed by atoms with Crippen LogP contribution in [0.3, 0.4) is 0 Å². The number of carbonyl (C=O) groups excluding carboxylic acids is 4. The number of H-pyrrole nitrogens is 1. The average molecular weight is 558 g/mol. The first kappa shape index (κ1) is 27.4. The molecule has 2 amide bonds. The van der Waals surface area contributed by atoms with Crippen LogP contribution in [0, 0.1) is 17.8 Å². The summed E-state index contributed by atoms with van der Waals surface area (Å²) in [6.07, 6.45) is 6.28. The van der Waals surface area contributed by atoms with Crippen molar-refractivity contribution in [3.05, 3.63) is 30.0 Å². The smallest absolute Gasteiger partial charge is 0.306 e. The van der Waals surface area contributed by atoms with E-state index in [2.05, 4.69) is 10.3 Å². The molecule has 2 aliphatic carbocycles. The van der Waals surface area contributed by atoms with E-state index in [-0.39, 0.29) is 59.0 Å². The summed E-state index contributed by atoms with van der Waals surface area (Å²) in [5.41, 5.74) is 0.764. The van der Waals surface area contributed by atoms with Crippen LogP contribution in [0.15, 0.2) is 24.3 Å². The molecule has 210 valence electrons. The number of hydrogen-bond donors (Lipinski definition) is 2. The van der Waals surface area contributed by atoms with Crippen molar-refractivity contribution in [1.29, 1.82) is 0 Å². The van der Waals surface area contributed by atoms with E-state index in [1.165, 1.54) is 6.07 Å². The summed E-state index contributed by atoms with van der Waals surface area (Å²) in [5.74, 6) is -0.618. The number of fused-ring (bicyclic) bond motifs is 2. The van der Waals surface area contributed by atoms with Crippen molar-refractivity contribution < 1.29 is 31.8 Å². The molecule has 39 heavy (non-hydrogen) atoms. The molecule has 1 saturated heterocycles. The largest absolute Gasteiger partial charge is 0.382 e. The van der Waals surface area contributed by atoms with Gasteiger partial charge in [-0.05, 0) is 62.1 Å². The highest BCUT2D eigenvalue weighted by atomic mass is 32.2. The van der Waals surface area contributed by atoms with Crippen molar-refractivity contribution in [1.82, 2.24) is 15.2 Å². The number of likely N-dealkylation sites (tertiary alicyclic amines) is 1. The fourth-order valence-corrected chi connectivity index (χ4v) is 7.15.